The van der Waals surface area contributed by atoms with Gasteiger partial charge in [-0.3, -0.25) is 9.69 Å². The zero-order valence-electron chi connectivity index (χ0n) is 16.2. The van der Waals surface area contributed by atoms with Crippen LogP contribution in [-0.2, 0) is 11.3 Å². The van der Waals surface area contributed by atoms with E-state index in [2.05, 4.69) is 22.4 Å². The molecule has 0 bridgehead atoms. The number of ether oxygens (including phenoxy) is 1. The second kappa shape index (κ2) is 9.48. The smallest absolute Gasteiger partial charge is 0.257 e. The van der Waals surface area contributed by atoms with Crippen LogP contribution in [0.4, 0.5) is 5.69 Å². The molecular weight excluding hydrogens is 376 g/mol. The number of hydrogen-bond acceptors (Lipinski definition) is 7. The average Bonchev–Trinajstić information content (AvgIpc) is 3.39. The van der Waals surface area contributed by atoms with Crippen LogP contribution in [0.25, 0.3) is 10.8 Å². The Labute approximate surface area is 168 Å². The van der Waals surface area contributed by atoms with Gasteiger partial charge in [0, 0.05) is 0 Å². The highest BCUT2D eigenvalue weighted by atomic mass is 32.1. The topological polar surface area (TPSA) is 80.5 Å². The molecule has 1 aromatic carbocycles. The van der Waals surface area contributed by atoms with Crippen molar-refractivity contribution >= 4 is 22.9 Å². The van der Waals surface area contributed by atoms with Crippen LogP contribution in [0, 0.1) is 0 Å². The maximum absolute atomic E-state index is 12.8. The van der Waals surface area contributed by atoms with Crippen molar-refractivity contribution in [1.82, 2.24) is 15.1 Å². The van der Waals surface area contributed by atoms with Crippen molar-refractivity contribution in [3.63, 3.8) is 0 Å². The van der Waals surface area contributed by atoms with Crippen molar-refractivity contribution in [1.29, 1.82) is 0 Å². The van der Waals surface area contributed by atoms with Gasteiger partial charge in [0.1, 0.15) is 5.75 Å². The summed E-state index contributed by atoms with van der Waals surface area (Å²) >= 11 is 1.55. The molecule has 3 aromatic rings. The minimum absolute atomic E-state index is 0.115. The fourth-order valence-corrected chi connectivity index (χ4v) is 3.48. The number of hydrogen-bond donors (Lipinski definition) is 1. The Morgan fingerprint density at radius 3 is 2.82 bits per heavy atom. The molecule has 0 aliphatic rings. The van der Waals surface area contributed by atoms with E-state index in [4.69, 9.17) is 9.15 Å². The maximum atomic E-state index is 12.8. The van der Waals surface area contributed by atoms with Gasteiger partial charge in [0.15, 0.2) is 0 Å². The number of anilines is 1. The molecule has 1 atom stereocenters. The molecule has 0 saturated heterocycles. The summed E-state index contributed by atoms with van der Waals surface area (Å²) in [4.78, 5) is 15.8. The van der Waals surface area contributed by atoms with Crippen molar-refractivity contribution in [3.05, 3.63) is 47.7 Å². The normalized spacial score (nSPS) is 12.1. The highest BCUT2D eigenvalue weighted by molar-refractivity contribution is 7.13. The Bertz CT molecular complexity index is 895. The van der Waals surface area contributed by atoms with E-state index in [9.17, 15) is 4.79 Å². The summed E-state index contributed by atoms with van der Waals surface area (Å²) in [7, 11) is 1.58. The minimum Gasteiger partial charge on any atom is -0.495 e. The molecule has 28 heavy (non-hydrogen) atoms. The molecule has 148 valence electrons. The summed E-state index contributed by atoms with van der Waals surface area (Å²) in [6.07, 6.45) is 0.901. The summed E-state index contributed by atoms with van der Waals surface area (Å²) in [5.74, 6) is 1.51. The maximum Gasteiger partial charge on any atom is 0.257 e. The number of carbonyl (C=O) groups excluding carboxylic acids is 1. The number of benzene rings is 1. The van der Waals surface area contributed by atoms with Crippen molar-refractivity contribution in [2.45, 2.75) is 32.9 Å². The van der Waals surface area contributed by atoms with E-state index in [1.165, 1.54) is 0 Å². The second-order valence-electron chi connectivity index (χ2n) is 6.31. The average molecular weight is 401 g/mol. The Balaban J connectivity index is 1.69. The van der Waals surface area contributed by atoms with E-state index >= 15 is 0 Å². The summed E-state index contributed by atoms with van der Waals surface area (Å²) in [5.41, 5.74) is 0.649. The third kappa shape index (κ3) is 4.76. The third-order valence-corrected chi connectivity index (χ3v) is 5.20. The number of amides is 1. The molecule has 0 spiro atoms. The molecule has 0 aliphatic carbocycles. The summed E-state index contributed by atoms with van der Waals surface area (Å²) in [6, 6.07) is 10.9. The molecule has 0 saturated carbocycles. The molecule has 0 unspecified atom stereocenters. The van der Waals surface area contributed by atoms with Gasteiger partial charge < -0.3 is 14.5 Å². The van der Waals surface area contributed by atoms with Crippen LogP contribution in [-0.4, -0.2) is 40.7 Å². The zero-order valence-corrected chi connectivity index (χ0v) is 17.0. The van der Waals surface area contributed by atoms with E-state index in [0.717, 1.165) is 17.8 Å². The van der Waals surface area contributed by atoms with Gasteiger partial charge in [-0.2, -0.15) is 0 Å². The number of carbonyl (C=O) groups is 1. The first-order chi connectivity index (χ1) is 13.6. The molecule has 7 nitrogen and oxygen atoms in total. The second-order valence-corrected chi connectivity index (χ2v) is 7.26. The van der Waals surface area contributed by atoms with Gasteiger partial charge in [-0.25, -0.2) is 0 Å². The van der Waals surface area contributed by atoms with E-state index in [-0.39, 0.29) is 11.9 Å². The van der Waals surface area contributed by atoms with Crippen LogP contribution < -0.4 is 10.1 Å². The first kappa shape index (κ1) is 20.0. The van der Waals surface area contributed by atoms with Crippen LogP contribution in [0.5, 0.6) is 5.75 Å². The van der Waals surface area contributed by atoms with E-state index in [1.54, 1.807) is 18.4 Å². The zero-order chi connectivity index (χ0) is 19.9. The van der Waals surface area contributed by atoms with Crippen LogP contribution >= 0.6 is 11.3 Å². The Hall–Kier alpha value is -2.71. The van der Waals surface area contributed by atoms with Crippen molar-refractivity contribution < 1.29 is 13.9 Å². The van der Waals surface area contributed by atoms with Gasteiger partial charge in [-0.15, -0.1) is 21.5 Å². The lowest BCUT2D eigenvalue weighted by atomic mass is 10.2. The van der Waals surface area contributed by atoms with Gasteiger partial charge in [0.05, 0.1) is 30.3 Å². The van der Waals surface area contributed by atoms with E-state index in [0.29, 0.717) is 29.8 Å². The summed E-state index contributed by atoms with van der Waals surface area (Å²) in [5, 5.41) is 13.2. The lowest BCUT2D eigenvalue weighted by Gasteiger charge is -2.26. The molecule has 1 N–H and O–H groups in total. The molecule has 2 aromatic heterocycles. The fraction of sp³-hybridized carbons (Fsp3) is 0.350. The first-order valence-corrected chi connectivity index (χ1v) is 10.0. The number of para-hydroxylation sites is 2. The molecule has 0 fully saturated rings. The summed E-state index contributed by atoms with van der Waals surface area (Å²) in [6.45, 7) is 5.09. The lowest BCUT2D eigenvalue weighted by molar-refractivity contribution is -0.121. The summed E-state index contributed by atoms with van der Waals surface area (Å²) < 4.78 is 11.1. The predicted molar refractivity (Wildman–Crippen MR) is 109 cm³/mol. The highest BCUT2D eigenvalue weighted by Crippen LogP contribution is 2.25. The molecule has 3 rings (SSSR count). The van der Waals surface area contributed by atoms with Crippen molar-refractivity contribution in [2.24, 2.45) is 0 Å². The molecular formula is C20H24N4O3S. The Kier molecular flexibility index (Phi) is 6.78. The number of aromatic nitrogens is 2. The minimum atomic E-state index is -0.373. The molecule has 0 aliphatic heterocycles. The Morgan fingerprint density at radius 2 is 2.11 bits per heavy atom. The number of methoxy groups -OCH3 is 1. The van der Waals surface area contributed by atoms with Crippen molar-refractivity contribution in [2.75, 3.05) is 19.0 Å². The van der Waals surface area contributed by atoms with Crippen LogP contribution in [0.3, 0.4) is 0 Å². The number of nitrogens with one attached hydrogen (secondary N) is 1. The number of nitrogens with zero attached hydrogens (tertiary/aromatic N) is 3. The van der Waals surface area contributed by atoms with Gasteiger partial charge >= 0.3 is 0 Å². The van der Waals surface area contributed by atoms with Gasteiger partial charge in [-0.1, -0.05) is 25.1 Å². The standard InChI is InChI=1S/C20H24N4O3S/c1-4-11-24(13-18-22-23-20(27-18)17-10-7-12-28-17)14(2)19(25)21-15-8-5-6-9-16(15)26-3/h5-10,12,14H,4,11,13H2,1-3H3,(H,21,25)/t14-/m0/s1. The van der Waals surface area contributed by atoms with Crippen molar-refractivity contribution in [3.8, 4) is 16.5 Å². The molecule has 0 radical (unpaired) electrons. The van der Waals surface area contributed by atoms with Crippen LogP contribution in [0.2, 0.25) is 0 Å². The van der Waals surface area contributed by atoms with Crippen LogP contribution in [0.1, 0.15) is 26.2 Å². The highest BCUT2D eigenvalue weighted by Gasteiger charge is 2.24. The number of thiophene rings is 1. The quantitative estimate of drug-likeness (QED) is 0.584. The lowest BCUT2D eigenvalue weighted by Crippen LogP contribution is -2.42. The van der Waals surface area contributed by atoms with Gasteiger partial charge in [0.2, 0.25) is 11.8 Å². The van der Waals surface area contributed by atoms with Crippen LogP contribution in [0.15, 0.2) is 46.2 Å². The largest absolute Gasteiger partial charge is 0.495 e. The molecule has 2 heterocycles. The SMILES string of the molecule is CCCN(Cc1nnc(-c2cccs2)o1)[C@@H](C)C(=O)Nc1ccccc1OC. The number of rotatable bonds is 9. The molecule has 8 heteroatoms. The third-order valence-electron chi connectivity index (χ3n) is 4.34. The monoisotopic (exact) mass is 400 g/mol. The molecule has 1 amide bonds. The Morgan fingerprint density at radius 1 is 1.29 bits per heavy atom. The first-order valence-electron chi connectivity index (χ1n) is 9.16. The fourth-order valence-electron chi connectivity index (χ4n) is 2.84. The van der Waals surface area contributed by atoms with E-state index < -0.39 is 0 Å². The van der Waals surface area contributed by atoms with E-state index in [1.807, 2.05) is 53.6 Å². The van der Waals surface area contributed by atoms with Gasteiger partial charge in [0.25, 0.3) is 5.89 Å². The predicted octanol–water partition coefficient (Wildman–Crippen LogP) is 4.05. The van der Waals surface area contributed by atoms with Gasteiger partial charge in [-0.05, 0) is 43.5 Å².